The fraction of sp³-hybridized carbons (Fsp3) is 0.562. The molecule has 9 heteroatoms. The van der Waals surface area contributed by atoms with Gasteiger partial charge in [0, 0.05) is 52.6 Å². The fourth-order valence-corrected chi connectivity index (χ4v) is 5.49. The van der Waals surface area contributed by atoms with E-state index in [4.69, 9.17) is 14.2 Å². The van der Waals surface area contributed by atoms with Gasteiger partial charge in [-0.25, -0.2) is 0 Å². The number of amides is 2. The van der Waals surface area contributed by atoms with Gasteiger partial charge in [0.15, 0.2) is 11.5 Å². The van der Waals surface area contributed by atoms with Crippen molar-refractivity contribution >= 4 is 11.8 Å². The molecule has 2 heterocycles. The number of hydrogen-bond acceptors (Lipinski definition) is 7. The third-order valence-electron chi connectivity index (χ3n) is 7.80. The van der Waals surface area contributed by atoms with E-state index < -0.39 is 5.60 Å². The van der Waals surface area contributed by atoms with Crippen molar-refractivity contribution in [1.82, 2.24) is 14.7 Å². The van der Waals surface area contributed by atoms with E-state index >= 15 is 0 Å². The molecule has 0 saturated carbocycles. The van der Waals surface area contributed by atoms with E-state index in [9.17, 15) is 14.7 Å². The number of hydrogen-bond donors (Lipinski definition) is 1. The maximum absolute atomic E-state index is 12.3. The predicted octanol–water partition coefficient (Wildman–Crippen LogP) is 3.65. The number of benzene rings is 2. The van der Waals surface area contributed by atoms with E-state index in [1.54, 1.807) is 12.0 Å². The molecule has 0 radical (unpaired) electrons. The third kappa shape index (κ3) is 9.10. The number of β-amino-alcohol motifs (C(OH)–C–C–N with tert-alkyl or cyclic N) is 1. The van der Waals surface area contributed by atoms with Gasteiger partial charge in [0.1, 0.15) is 18.0 Å². The molecular formula is C32H45N3O6. The molecular weight excluding hydrogens is 522 g/mol. The molecule has 2 amide bonds. The van der Waals surface area contributed by atoms with Crippen LogP contribution in [0.5, 0.6) is 17.2 Å². The summed E-state index contributed by atoms with van der Waals surface area (Å²) in [6.07, 6.45) is 4.60. The van der Waals surface area contributed by atoms with Gasteiger partial charge < -0.3 is 29.1 Å². The Morgan fingerprint density at radius 3 is 2.54 bits per heavy atom. The Bertz CT molecular complexity index is 1160. The Hall–Kier alpha value is -3.30. The number of aliphatic hydroxyl groups is 1. The lowest BCUT2D eigenvalue weighted by Crippen LogP contribution is -2.51. The normalized spacial score (nSPS) is 20.3. The maximum Gasteiger partial charge on any atom is 0.222 e. The van der Waals surface area contributed by atoms with Gasteiger partial charge in [0.2, 0.25) is 11.8 Å². The zero-order valence-corrected chi connectivity index (χ0v) is 24.8. The Morgan fingerprint density at radius 2 is 1.78 bits per heavy atom. The number of aryl methyl sites for hydroxylation is 1. The van der Waals surface area contributed by atoms with Crippen LogP contribution >= 0.6 is 0 Å². The summed E-state index contributed by atoms with van der Waals surface area (Å²) in [6, 6.07) is 13.6. The van der Waals surface area contributed by atoms with Crippen LogP contribution in [0.25, 0.3) is 0 Å². The van der Waals surface area contributed by atoms with Crippen LogP contribution < -0.4 is 14.2 Å². The quantitative estimate of drug-likeness (QED) is 0.415. The largest absolute Gasteiger partial charge is 0.493 e. The fourth-order valence-electron chi connectivity index (χ4n) is 5.49. The summed E-state index contributed by atoms with van der Waals surface area (Å²) in [5.41, 5.74) is 0.924. The topological polar surface area (TPSA) is 91.8 Å². The van der Waals surface area contributed by atoms with E-state index in [0.717, 1.165) is 43.4 Å². The van der Waals surface area contributed by atoms with Gasteiger partial charge in [-0.15, -0.1) is 0 Å². The van der Waals surface area contributed by atoms with Gasteiger partial charge in [-0.1, -0.05) is 30.2 Å². The molecule has 0 aliphatic carbocycles. The lowest BCUT2D eigenvalue weighted by atomic mass is 10.0. The van der Waals surface area contributed by atoms with E-state index in [-0.39, 0.29) is 25.0 Å². The number of rotatable bonds is 11. The zero-order valence-electron chi connectivity index (χ0n) is 24.8. The molecule has 41 heavy (non-hydrogen) atoms. The summed E-state index contributed by atoms with van der Waals surface area (Å²) in [7, 11) is 1.62. The van der Waals surface area contributed by atoms with Crippen molar-refractivity contribution in [1.29, 1.82) is 0 Å². The third-order valence-corrected chi connectivity index (χ3v) is 7.80. The van der Waals surface area contributed by atoms with Gasteiger partial charge in [-0.2, -0.15) is 0 Å². The highest BCUT2D eigenvalue weighted by atomic mass is 16.5. The molecule has 4 rings (SSSR count). The summed E-state index contributed by atoms with van der Waals surface area (Å²) in [6.45, 7) is 7.98. The van der Waals surface area contributed by atoms with Crippen LogP contribution in [-0.2, 0) is 16.1 Å². The summed E-state index contributed by atoms with van der Waals surface area (Å²) < 4.78 is 17.6. The van der Waals surface area contributed by atoms with Gasteiger partial charge in [0.25, 0.3) is 0 Å². The average Bonchev–Trinajstić information content (AvgIpc) is 3.26. The Morgan fingerprint density at radius 1 is 0.976 bits per heavy atom. The van der Waals surface area contributed by atoms with Gasteiger partial charge in [-0.3, -0.25) is 14.5 Å². The molecule has 2 saturated heterocycles. The predicted molar refractivity (Wildman–Crippen MR) is 157 cm³/mol. The number of nitrogens with zero attached hydrogens (tertiary/aromatic N) is 3. The molecule has 2 aromatic rings. The second-order valence-electron chi connectivity index (χ2n) is 11.4. The van der Waals surface area contributed by atoms with Crippen molar-refractivity contribution in [2.24, 2.45) is 0 Å². The molecule has 2 aromatic carbocycles. The molecule has 224 valence electrons. The molecule has 0 unspecified atom stereocenters. The molecule has 1 N–H and O–H groups in total. The highest BCUT2D eigenvalue weighted by Crippen LogP contribution is 2.29. The van der Waals surface area contributed by atoms with E-state index in [0.29, 0.717) is 63.0 Å². The molecule has 1 atom stereocenters. The summed E-state index contributed by atoms with van der Waals surface area (Å²) >= 11 is 0. The SMILES string of the molecule is COc1cc(CN2CCN(C(C)=O)C[C@](O)(COc3ccc(C)cc3)C2)ccc1OCCCN1CCCCCC1=O. The van der Waals surface area contributed by atoms with Crippen molar-refractivity contribution in [2.75, 3.05) is 59.6 Å². The van der Waals surface area contributed by atoms with E-state index in [2.05, 4.69) is 4.90 Å². The van der Waals surface area contributed by atoms with E-state index in [1.807, 2.05) is 54.3 Å². The molecule has 2 aliphatic heterocycles. The summed E-state index contributed by atoms with van der Waals surface area (Å²) in [4.78, 5) is 30.3. The zero-order chi connectivity index (χ0) is 29.2. The second-order valence-corrected chi connectivity index (χ2v) is 11.4. The Balaban J connectivity index is 1.35. The van der Waals surface area contributed by atoms with Crippen LogP contribution in [0.2, 0.25) is 0 Å². The van der Waals surface area contributed by atoms with Crippen molar-refractivity contribution in [3.05, 3.63) is 53.6 Å². The maximum atomic E-state index is 12.3. The first kappa shape index (κ1) is 30.7. The highest BCUT2D eigenvalue weighted by Gasteiger charge is 2.37. The number of carbonyl (C=O) groups is 2. The van der Waals surface area contributed by atoms with Crippen LogP contribution in [0.4, 0.5) is 0 Å². The van der Waals surface area contributed by atoms with Crippen LogP contribution in [0.15, 0.2) is 42.5 Å². The minimum Gasteiger partial charge on any atom is -0.493 e. The van der Waals surface area contributed by atoms with Crippen LogP contribution in [0, 0.1) is 6.92 Å². The summed E-state index contributed by atoms with van der Waals surface area (Å²) in [5.74, 6) is 2.18. The minimum atomic E-state index is -1.23. The number of ether oxygens (including phenoxy) is 3. The number of methoxy groups -OCH3 is 1. The monoisotopic (exact) mass is 567 g/mol. The number of carbonyl (C=O) groups excluding carboxylic acids is 2. The number of likely N-dealkylation sites (tertiary alicyclic amines) is 1. The molecule has 2 aliphatic rings. The average molecular weight is 568 g/mol. The van der Waals surface area contributed by atoms with Crippen LogP contribution in [0.1, 0.15) is 50.2 Å². The first-order chi connectivity index (χ1) is 19.7. The lowest BCUT2D eigenvalue weighted by Gasteiger charge is -2.32. The first-order valence-corrected chi connectivity index (χ1v) is 14.7. The lowest BCUT2D eigenvalue weighted by molar-refractivity contribution is -0.132. The standard InChI is InChI=1S/C32H45N3O6/c1-25-9-12-28(13-10-25)41-24-32(38)22-33(17-18-35(23-32)26(2)36)21-27-11-14-29(30(20-27)39-3)40-19-7-16-34-15-6-4-5-8-31(34)37/h9-14,20,38H,4-8,15-19,21-24H2,1-3H3/t32-/m0/s1. The molecule has 2 fully saturated rings. The molecule has 0 aromatic heterocycles. The summed E-state index contributed by atoms with van der Waals surface area (Å²) in [5, 5.41) is 11.6. The van der Waals surface area contributed by atoms with Gasteiger partial charge in [-0.05, 0) is 56.0 Å². The second kappa shape index (κ2) is 14.5. The first-order valence-electron chi connectivity index (χ1n) is 14.7. The Kier molecular flexibility index (Phi) is 10.9. The van der Waals surface area contributed by atoms with Gasteiger partial charge in [0.05, 0.1) is 20.3 Å². The van der Waals surface area contributed by atoms with Crippen molar-refractivity contribution in [3.63, 3.8) is 0 Å². The highest BCUT2D eigenvalue weighted by molar-refractivity contribution is 5.76. The van der Waals surface area contributed by atoms with Crippen LogP contribution in [0.3, 0.4) is 0 Å². The van der Waals surface area contributed by atoms with E-state index in [1.165, 1.54) is 6.92 Å². The van der Waals surface area contributed by atoms with Crippen LogP contribution in [-0.4, -0.2) is 96.8 Å². The van der Waals surface area contributed by atoms with Crippen molar-refractivity contribution in [3.8, 4) is 17.2 Å². The smallest absolute Gasteiger partial charge is 0.222 e. The van der Waals surface area contributed by atoms with Crippen molar-refractivity contribution < 1.29 is 28.9 Å². The molecule has 0 bridgehead atoms. The molecule has 9 nitrogen and oxygen atoms in total. The van der Waals surface area contributed by atoms with Gasteiger partial charge >= 0.3 is 0 Å². The van der Waals surface area contributed by atoms with Crippen molar-refractivity contribution in [2.45, 2.75) is 58.1 Å². The minimum absolute atomic E-state index is 0.0657. The molecule has 0 spiro atoms. The Labute approximate surface area is 244 Å².